The molecule has 0 radical (unpaired) electrons. The largest absolute Gasteiger partial charge is 0.497 e. The van der Waals surface area contributed by atoms with Crippen LogP contribution >= 0.6 is 0 Å². The minimum atomic E-state index is -1.83. The molecule has 0 saturated carbocycles. The van der Waals surface area contributed by atoms with Crippen molar-refractivity contribution >= 4 is 18.4 Å². The summed E-state index contributed by atoms with van der Waals surface area (Å²) in [5.74, 6) is 1.84. The van der Waals surface area contributed by atoms with Crippen molar-refractivity contribution in [1.82, 2.24) is 4.90 Å². The Bertz CT molecular complexity index is 590. The van der Waals surface area contributed by atoms with Crippen molar-refractivity contribution in [3.63, 3.8) is 0 Å². The maximum atomic E-state index is 5.37. The summed E-state index contributed by atoms with van der Waals surface area (Å²) in [4.78, 5) is 2.30. The van der Waals surface area contributed by atoms with Crippen LogP contribution in [0.25, 0.3) is 0 Å². The lowest BCUT2D eigenvalue weighted by Gasteiger charge is -2.34. The number of hydrogen-bond donors (Lipinski definition) is 0. The summed E-state index contributed by atoms with van der Waals surface area (Å²) >= 11 is 0. The first kappa shape index (κ1) is 19.5. The molecule has 0 aliphatic rings. The predicted molar refractivity (Wildman–Crippen MR) is 109 cm³/mol. The van der Waals surface area contributed by atoms with Gasteiger partial charge in [-0.05, 0) is 57.0 Å². The quantitative estimate of drug-likeness (QED) is 0.643. The fraction of sp³-hybridized carbons (Fsp3) is 0.429. The molecule has 2 aromatic carbocycles. The Morgan fingerprint density at radius 2 is 1.20 bits per heavy atom. The van der Waals surface area contributed by atoms with Crippen LogP contribution in [0.15, 0.2) is 48.5 Å². The van der Waals surface area contributed by atoms with Gasteiger partial charge in [-0.15, -0.1) is 0 Å². The summed E-state index contributed by atoms with van der Waals surface area (Å²) in [5, 5.41) is 2.98. The highest BCUT2D eigenvalue weighted by Crippen LogP contribution is 2.22. The molecule has 0 aliphatic carbocycles. The third-order valence-corrected chi connectivity index (χ3v) is 10.3. The number of benzene rings is 2. The highest BCUT2D eigenvalue weighted by atomic mass is 28.3. The van der Waals surface area contributed by atoms with Gasteiger partial charge < -0.3 is 14.4 Å². The highest BCUT2D eigenvalue weighted by molar-refractivity contribution is 7.02. The van der Waals surface area contributed by atoms with Crippen molar-refractivity contribution in [3.05, 3.63) is 48.5 Å². The molecule has 0 fully saturated rings. The Balaban J connectivity index is 2.52. The fourth-order valence-corrected chi connectivity index (χ4v) is 8.56. The molecular weight excluding hydrogens is 326 g/mol. The van der Waals surface area contributed by atoms with E-state index in [2.05, 4.69) is 74.4 Å². The molecule has 0 bridgehead atoms. The monoisotopic (exact) mass is 357 g/mol. The van der Waals surface area contributed by atoms with Crippen molar-refractivity contribution in [3.8, 4) is 11.5 Å². The van der Waals surface area contributed by atoms with Crippen LogP contribution in [0.5, 0.6) is 11.5 Å². The zero-order chi connectivity index (χ0) is 18.3. The molecule has 0 heterocycles. The van der Waals surface area contributed by atoms with Gasteiger partial charge in [-0.1, -0.05) is 48.0 Å². The van der Waals surface area contributed by atoms with Crippen LogP contribution in [0.3, 0.4) is 0 Å². The molecule has 0 saturated heterocycles. The van der Waals surface area contributed by atoms with E-state index in [1.165, 1.54) is 28.9 Å². The van der Waals surface area contributed by atoms with Gasteiger partial charge in [0.05, 0.1) is 14.2 Å². The zero-order valence-electron chi connectivity index (χ0n) is 16.2. The molecule has 2 aromatic rings. The topological polar surface area (TPSA) is 21.7 Å². The second-order valence-corrected chi connectivity index (χ2v) is 11.2. The Labute approximate surface area is 153 Å². The van der Waals surface area contributed by atoms with Crippen molar-refractivity contribution in [2.45, 2.75) is 25.4 Å². The SMILES string of the molecule is CCC[Si](CCN(C)C)(c1ccc(OC)cc1)c1ccc(OC)cc1. The molecule has 0 aliphatic heterocycles. The first-order valence-corrected chi connectivity index (χ1v) is 11.4. The van der Waals surface area contributed by atoms with E-state index < -0.39 is 8.07 Å². The summed E-state index contributed by atoms with van der Waals surface area (Å²) in [5.41, 5.74) is 0. The second-order valence-electron chi connectivity index (χ2n) is 6.84. The standard InChI is InChI=1S/C21H31NO2Si/c1-6-16-25(17-15-22(2)3,20-11-7-18(23-4)8-12-20)21-13-9-19(24-5)10-14-21/h7-14H,6,15-17H2,1-5H3. The van der Waals surface area contributed by atoms with Gasteiger partial charge in [0.2, 0.25) is 0 Å². The van der Waals surface area contributed by atoms with E-state index in [9.17, 15) is 0 Å². The van der Waals surface area contributed by atoms with Crippen LogP contribution in [0.4, 0.5) is 0 Å². The number of methoxy groups -OCH3 is 2. The van der Waals surface area contributed by atoms with Crippen LogP contribution < -0.4 is 19.8 Å². The van der Waals surface area contributed by atoms with Gasteiger partial charge in [-0.25, -0.2) is 0 Å². The van der Waals surface area contributed by atoms with Crippen LogP contribution in [-0.4, -0.2) is 47.8 Å². The van der Waals surface area contributed by atoms with Gasteiger partial charge >= 0.3 is 0 Å². The Morgan fingerprint density at radius 3 is 1.52 bits per heavy atom. The molecule has 0 atom stereocenters. The number of hydrogen-bond acceptors (Lipinski definition) is 3. The molecule has 0 N–H and O–H groups in total. The van der Waals surface area contributed by atoms with E-state index in [-0.39, 0.29) is 0 Å². The average Bonchev–Trinajstić information content (AvgIpc) is 2.65. The third kappa shape index (κ3) is 4.64. The molecule has 0 amide bonds. The molecule has 3 nitrogen and oxygen atoms in total. The van der Waals surface area contributed by atoms with Gasteiger partial charge in [0.1, 0.15) is 19.6 Å². The molecule has 25 heavy (non-hydrogen) atoms. The van der Waals surface area contributed by atoms with Crippen LogP contribution in [0.1, 0.15) is 13.3 Å². The van der Waals surface area contributed by atoms with E-state index in [0.717, 1.165) is 18.0 Å². The number of nitrogens with zero attached hydrogens (tertiary/aromatic N) is 1. The smallest absolute Gasteiger partial charge is 0.119 e. The molecular formula is C21H31NO2Si. The number of rotatable bonds is 9. The zero-order valence-corrected chi connectivity index (χ0v) is 17.2. The van der Waals surface area contributed by atoms with Gasteiger partial charge in [0.25, 0.3) is 0 Å². The molecule has 136 valence electrons. The predicted octanol–water partition coefficient (Wildman–Crippen LogP) is 3.24. The highest BCUT2D eigenvalue weighted by Gasteiger charge is 2.36. The van der Waals surface area contributed by atoms with E-state index >= 15 is 0 Å². The van der Waals surface area contributed by atoms with Crippen LogP contribution in [-0.2, 0) is 0 Å². The van der Waals surface area contributed by atoms with E-state index in [0.29, 0.717) is 0 Å². The minimum Gasteiger partial charge on any atom is -0.497 e. The van der Waals surface area contributed by atoms with Gasteiger partial charge in [0.15, 0.2) is 0 Å². The Hall–Kier alpha value is -1.78. The summed E-state index contributed by atoms with van der Waals surface area (Å²) in [6, 6.07) is 20.0. The average molecular weight is 358 g/mol. The van der Waals surface area contributed by atoms with Crippen molar-refractivity contribution < 1.29 is 9.47 Å². The van der Waals surface area contributed by atoms with Gasteiger partial charge in [0, 0.05) is 0 Å². The van der Waals surface area contributed by atoms with Crippen molar-refractivity contribution in [2.24, 2.45) is 0 Å². The first-order chi connectivity index (χ1) is 12.1. The summed E-state index contributed by atoms with van der Waals surface area (Å²) in [6.07, 6.45) is 1.19. The molecule has 0 unspecified atom stereocenters. The third-order valence-electron chi connectivity index (χ3n) is 4.95. The van der Waals surface area contributed by atoms with E-state index in [1.807, 2.05) is 0 Å². The summed E-state index contributed by atoms with van der Waals surface area (Å²) in [7, 11) is 5.93. The first-order valence-electron chi connectivity index (χ1n) is 8.99. The molecule has 4 heteroatoms. The van der Waals surface area contributed by atoms with Gasteiger partial charge in [-0.2, -0.15) is 0 Å². The lowest BCUT2D eigenvalue weighted by molar-refractivity contribution is 0.415. The summed E-state index contributed by atoms with van der Waals surface area (Å²) in [6.45, 7) is 3.40. The Morgan fingerprint density at radius 1 is 0.760 bits per heavy atom. The second kappa shape index (κ2) is 9.06. The van der Waals surface area contributed by atoms with Crippen LogP contribution in [0, 0.1) is 0 Å². The van der Waals surface area contributed by atoms with Crippen molar-refractivity contribution in [2.75, 3.05) is 34.9 Å². The van der Waals surface area contributed by atoms with Crippen LogP contribution in [0.2, 0.25) is 12.1 Å². The fourth-order valence-electron chi connectivity index (χ4n) is 3.53. The minimum absolute atomic E-state index is 0.922. The van der Waals surface area contributed by atoms with E-state index in [1.54, 1.807) is 14.2 Å². The maximum absolute atomic E-state index is 5.37. The van der Waals surface area contributed by atoms with E-state index in [4.69, 9.17) is 9.47 Å². The maximum Gasteiger partial charge on any atom is 0.119 e. The molecule has 0 spiro atoms. The lowest BCUT2D eigenvalue weighted by atomic mass is 10.3. The number of ether oxygens (including phenoxy) is 2. The molecule has 2 rings (SSSR count). The normalized spacial score (nSPS) is 11.6. The Kier molecular flexibility index (Phi) is 7.08. The molecule has 0 aromatic heterocycles. The lowest BCUT2D eigenvalue weighted by Crippen LogP contribution is -2.59. The summed E-state index contributed by atoms with van der Waals surface area (Å²) < 4.78 is 10.7. The van der Waals surface area contributed by atoms with Crippen molar-refractivity contribution in [1.29, 1.82) is 0 Å². The van der Waals surface area contributed by atoms with Gasteiger partial charge in [-0.3, -0.25) is 0 Å².